The zero-order valence-corrected chi connectivity index (χ0v) is 11.2. The molecular formula is C14H20ClNO. The van der Waals surface area contributed by atoms with Crippen molar-refractivity contribution in [1.29, 1.82) is 0 Å². The van der Waals surface area contributed by atoms with Crippen LogP contribution in [0.1, 0.15) is 32.3 Å². The van der Waals surface area contributed by atoms with Crippen molar-refractivity contribution < 1.29 is 5.11 Å². The van der Waals surface area contributed by atoms with E-state index in [-0.39, 0.29) is 12.1 Å². The third-order valence-electron chi connectivity index (χ3n) is 3.43. The lowest BCUT2D eigenvalue weighted by molar-refractivity contribution is 0.130. The molecule has 0 aliphatic heterocycles. The van der Waals surface area contributed by atoms with E-state index in [1.807, 2.05) is 24.3 Å². The molecule has 94 valence electrons. The Morgan fingerprint density at radius 3 is 2.35 bits per heavy atom. The van der Waals surface area contributed by atoms with Crippen LogP contribution in [0.5, 0.6) is 0 Å². The van der Waals surface area contributed by atoms with Crippen molar-refractivity contribution in [2.45, 2.75) is 38.3 Å². The lowest BCUT2D eigenvalue weighted by Gasteiger charge is -2.36. The van der Waals surface area contributed by atoms with Crippen molar-refractivity contribution in [3.8, 4) is 0 Å². The maximum absolute atomic E-state index is 9.86. The average molecular weight is 254 g/mol. The zero-order chi connectivity index (χ0) is 12.5. The summed E-state index contributed by atoms with van der Waals surface area (Å²) in [5, 5.41) is 14.1. The molecule has 0 heterocycles. The first kappa shape index (κ1) is 12.9. The molecule has 1 fully saturated rings. The summed E-state index contributed by atoms with van der Waals surface area (Å²) in [6, 6.07) is 8.18. The number of aliphatic hydroxyl groups is 1. The summed E-state index contributed by atoms with van der Waals surface area (Å²) in [5.74, 6) is 0.538. The molecule has 1 aromatic carbocycles. The first-order chi connectivity index (χ1) is 8.08. The van der Waals surface area contributed by atoms with Gasteiger partial charge in [-0.3, -0.25) is 0 Å². The second-order valence-corrected chi connectivity index (χ2v) is 5.65. The predicted molar refractivity (Wildman–Crippen MR) is 71.2 cm³/mol. The Kier molecular flexibility index (Phi) is 3.76. The molecule has 1 aromatic rings. The largest absolute Gasteiger partial charge is 0.394 e. The van der Waals surface area contributed by atoms with Gasteiger partial charge in [0.1, 0.15) is 0 Å². The van der Waals surface area contributed by atoms with Gasteiger partial charge in [-0.1, -0.05) is 23.7 Å². The van der Waals surface area contributed by atoms with Gasteiger partial charge >= 0.3 is 0 Å². The van der Waals surface area contributed by atoms with E-state index in [1.165, 1.54) is 12.8 Å². The molecule has 17 heavy (non-hydrogen) atoms. The van der Waals surface area contributed by atoms with Gasteiger partial charge in [0.25, 0.3) is 0 Å². The number of hydrogen-bond acceptors (Lipinski definition) is 2. The highest BCUT2D eigenvalue weighted by Crippen LogP contribution is 2.46. The maximum atomic E-state index is 9.86. The lowest BCUT2D eigenvalue weighted by Crippen LogP contribution is -2.50. The monoisotopic (exact) mass is 253 g/mol. The first-order valence-corrected chi connectivity index (χ1v) is 6.61. The number of aliphatic hydroxyl groups excluding tert-OH is 1. The Hall–Kier alpha value is -0.570. The smallest absolute Gasteiger partial charge is 0.0699 e. The standard InChI is InChI=1S/C14H20ClNO/c1-10(2)16-14(9-17,11-3-4-11)12-5-7-13(15)8-6-12/h5-8,10-11,16-17H,3-4,9H2,1-2H3. The minimum absolute atomic E-state index is 0.136. The highest BCUT2D eigenvalue weighted by Gasteiger charge is 2.46. The summed E-state index contributed by atoms with van der Waals surface area (Å²) in [6.07, 6.45) is 2.37. The van der Waals surface area contributed by atoms with Gasteiger partial charge in [-0.25, -0.2) is 0 Å². The molecule has 1 aliphatic rings. The van der Waals surface area contributed by atoms with Gasteiger partial charge in [0.15, 0.2) is 0 Å². The lowest BCUT2D eigenvalue weighted by atomic mass is 9.85. The molecule has 2 nitrogen and oxygen atoms in total. The van der Waals surface area contributed by atoms with Crippen molar-refractivity contribution in [2.24, 2.45) is 5.92 Å². The van der Waals surface area contributed by atoms with Crippen molar-refractivity contribution in [1.82, 2.24) is 5.32 Å². The summed E-state index contributed by atoms with van der Waals surface area (Å²) in [7, 11) is 0. The zero-order valence-electron chi connectivity index (χ0n) is 10.4. The van der Waals surface area contributed by atoms with Crippen LogP contribution in [0.25, 0.3) is 0 Å². The summed E-state index contributed by atoms with van der Waals surface area (Å²) < 4.78 is 0. The fraction of sp³-hybridized carbons (Fsp3) is 0.571. The van der Waals surface area contributed by atoms with E-state index < -0.39 is 0 Å². The molecule has 0 saturated heterocycles. The summed E-state index contributed by atoms with van der Waals surface area (Å²) in [4.78, 5) is 0. The molecule has 0 spiro atoms. The summed E-state index contributed by atoms with van der Waals surface area (Å²) in [6.45, 7) is 4.36. The molecule has 1 aliphatic carbocycles. The van der Waals surface area contributed by atoms with Crippen LogP contribution in [-0.2, 0) is 5.54 Å². The van der Waals surface area contributed by atoms with Gasteiger partial charge in [-0.15, -0.1) is 0 Å². The normalized spacial score (nSPS) is 19.4. The molecule has 0 aromatic heterocycles. The van der Waals surface area contributed by atoms with E-state index in [9.17, 15) is 5.11 Å². The second-order valence-electron chi connectivity index (χ2n) is 5.21. The minimum Gasteiger partial charge on any atom is -0.394 e. The highest BCUT2D eigenvalue weighted by molar-refractivity contribution is 6.30. The third kappa shape index (κ3) is 2.65. The number of hydrogen-bond donors (Lipinski definition) is 2. The van der Waals surface area contributed by atoms with Crippen LogP contribution in [0.2, 0.25) is 5.02 Å². The van der Waals surface area contributed by atoms with Crippen molar-refractivity contribution in [3.63, 3.8) is 0 Å². The number of rotatable bonds is 5. The fourth-order valence-electron chi connectivity index (χ4n) is 2.54. The number of nitrogens with one attached hydrogen (secondary N) is 1. The Bertz CT molecular complexity index is 372. The Balaban J connectivity index is 2.34. The summed E-state index contributed by atoms with van der Waals surface area (Å²) >= 11 is 5.92. The topological polar surface area (TPSA) is 32.3 Å². The third-order valence-corrected chi connectivity index (χ3v) is 3.68. The van der Waals surface area contributed by atoms with E-state index >= 15 is 0 Å². The molecule has 3 heteroatoms. The van der Waals surface area contributed by atoms with Gasteiger partial charge in [0.2, 0.25) is 0 Å². The van der Waals surface area contributed by atoms with Gasteiger partial charge in [0.05, 0.1) is 12.1 Å². The molecule has 1 unspecified atom stereocenters. The maximum Gasteiger partial charge on any atom is 0.0699 e. The molecule has 2 rings (SSSR count). The average Bonchev–Trinajstić information content (AvgIpc) is 3.11. The fourth-order valence-corrected chi connectivity index (χ4v) is 2.67. The predicted octanol–water partition coefficient (Wildman–Crippen LogP) is 2.94. The first-order valence-electron chi connectivity index (χ1n) is 6.23. The molecule has 1 saturated carbocycles. The summed E-state index contributed by atoms with van der Waals surface area (Å²) in [5.41, 5.74) is 0.847. The van der Waals surface area contributed by atoms with Crippen molar-refractivity contribution in [3.05, 3.63) is 34.9 Å². The van der Waals surface area contributed by atoms with E-state index in [2.05, 4.69) is 19.2 Å². The van der Waals surface area contributed by atoms with Gasteiger partial charge in [0, 0.05) is 11.1 Å². The van der Waals surface area contributed by atoms with Gasteiger partial charge < -0.3 is 10.4 Å². The Labute approximate surface area is 108 Å². The van der Waals surface area contributed by atoms with E-state index in [0.29, 0.717) is 12.0 Å². The molecule has 0 bridgehead atoms. The van der Waals surface area contributed by atoms with Gasteiger partial charge in [-0.05, 0) is 50.3 Å². The van der Waals surface area contributed by atoms with Crippen LogP contribution in [0.15, 0.2) is 24.3 Å². The van der Waals surface area contributed by atoms with Crippen molar-refractivity contribution in [2.75, 3.05) is 6.61 Å². The SMILES string of the molecule is CC(C)NC(CO)(c1ccc(Cl)cc1)C1CC1. The Morgan fingerprint density at radius 1 is 1.35 bits per heavy atom. The van der Waals surface area contributed by atoms with Crippen LogP contribution in [0, 0.1) is 5.92 Å². The minimum atomic E-state index is -0.293. The molecule has 1 atom stereocenters. The number of benzene rings is 1. The van der Waals surface area contributed by atoms with Gasteiger partial charge in [-0.2, -0.15) is 0 Å². The molecular weight excluding hydrogens is 234 g/mol. The number of halogens is 1. The van der Waals surface area contributed by atoms with Crippen LogP contribution in [0.4, 0.5) is 0 Å². The van der Waals surface area contributed by atoms with Crippen molar-refractivity contribution >= 4 is 11.6 Å². The van der Waals surface area contributed by atoms with E-state index in [4.69, 9.17) is 11.6 Å². The molecule has 0 radical (unpaired) electrons. The van der Waals surface area contributed by atoms with Crippen LogP contribution in [0.3, 0.4) is 0 Å². The van der Waals surface area contributed by atoms with Crippen LogP contribution in [-0.4, -0.2) is 17.8 Å². The molecule has 0 amide bonds. The highest BCUT2D eigenvalue weighted by atomic mass is 35.5. The second kappa shape index (κ2) is 4.97. The van der Waals surface area contributed by atoms with E-state index in [1.54, 1.807) is 0 Å². The van der Waals surface area contributed by atoms with Crippen LogP contribution < -0.4 is 5.32 Å². The molecule has 2 N–H and O–H groups in total. The van der Waals surface area contributed by atoms with E-state index in [0.717, 1.165) is 10.6 Å². The quantitative estimate of drug-likeness (QED) is 0.846. The Morgan fingerprint density at radius 2 is 1.94 bits per heavy atom. The van der Waals surface area contributed by atoms with Crippen LogP contribution >= 0.6 is 11.6 Å².